The Labute approximate surface area is 176 Å². The number of benzene rings is 2. The summed E-state index contributed by atoms with van der Waals surface area (Å²) in [5.41, 5.74) is 1.28. The quantitative estimate of drug-likeness (QED) is 0.414. The van der Waals surface area contributed by atoms with Gasteiger partial charge in [-0.1, -0.05) is 18.2 Å². The van der Waals surface area contributed by atoms with Gasteiger partial charge in [0, 0.05) is 19.9 Å². The second kappa shape index (κ2) is 16.6. The molecule has 2 aromatic rings. The predicted octanol–water partition coefficient (Wildman–Crippen LogP) is -0.436. The second-order valence-electron chi connectivity index (χ2n) is 4.94. The molecule has 0 amide bonds. The van der Waals surface area contributed by atoms with Gasteiger partial charge in [0.15, 0.2) is 0 Å². The molecule has 0 aromatic heterocycles. The summed E-state index contributed by atoms with van der Waals surface area (Å²) in [6.45, 7) is 5.07. The van der Waals surface area contributed by atoms with Crippen LogP contribution in [0.5, 0.6) is 0 Å². The molecule has 0 bridgehead atoms. The summed E-state index contributed by atoms with van der Waals surface area (Å²) in [7, 11) is -0.749. The van der Waals surface area contributed by atoms with Gasteiger partial charge in [-0.05, 0) is 21.0 Å². The number of fused-ring (bicyclic) bond motifs is 1. The zero-order chi connectivity index (χ0) is 20.8. The number of halogens is 1. The van der Waals surface area contributed by atoms with Gasteiger partial charge in [0.25, 0.3) is 0 Å². The largest absolute Gasteiger partial charge is 2.00 e. The van der Waals surface area contributed by atoms with E-state index in [0.29, 0.717) is 6.04 Å². The van der Waals surface area contributed by atoms with E-state index in [9.17, 15) is 0 Å². The third-order valence-electron chi connectivity index (χ3n) is 2.95. The topological polar surface area (TPSA) is 143 Å². The molecule has 0 spiro atoms. The molecular formula is C18H22ClN3O4Pd. The van der Waals surface area contributed by atoms with E-state index < -0.39 is 10.2 Å². The zero-order valence-electron chi connectivity index (χ0n) is 15.7. The normalized spacial score (nSPS) is 10.2. The molecule has 9 heteroatoms. The van der Waals surface area contributed by atoms with Crippen molar-refractivity contribution < 1.29 is 49.3 Å². The average molecular weight is 486 g/mol. The monoisotopic (exact) mass is 485 g/mol. The third-order valence-corrected chi connectivity index (χ3v) is 2.95. The fraction of sp³-hybridized carbons (Fsp3) is 0.333. The molecule has 0 saturated carbocycles. The molecule has 27 heavy (non-hydrogen) atoms. The van der Waals surface area contributed by atoms with Crippen molar-refractivity contribution in [2.24, 2.45) is 0 Å². The van der Waals surface area contributed by atoms with Crippen LogP contribution in [0.15, 0.2) is 36.4 Å². The zero-order valence-corrected chi connectivity index (χ0v) is 18.0. The van der Waals surface area contributed by atoms with Crippen LogP contribution < -0.4 is 18.6 Å². The maximum Gasteiger partial charge on any atom is 2.00 e. The van der Waals surface area contributed by atoms with Gasteiger partial charge in [0.2, 0.25) is 0 Å². The minimum absolute atomic E-state index is 0. The Kier molecular flexibility index (Phi) is 18.5. The fourth-order valence-corrected chi connectivity index (χ4v) is 1.79. The van der Waals surface area contributed by atoms with Crippen molar-refractivity contribution in [1.29, 1.82) is 10.5 Å². The Morgan fingerprint density at radius 1 is 1.00 bits per heavy atom. The van der Waals surface area contributed by atoms with Crippen molar-refractivity contribution >= 4 is 10.8 Å². The SMILES string of the molecule is CC#N.CC#N.CC(c1[c-]ccc2ccccc12)N(C)C.[O-][Cl+3]([O-])([O-])[O-].[Pd+2]. The van der Waals surface area contributed by atoms with Crippen LogP contribution in [0.2, 0.25) is 0 Å². The smallest absolute Gasteiger partial charge is 0.305 e. The summed E-state index contributed by atoms with van der Waals surface area (Å²) >= 11 is 0. The van der Waals surface area contributed by atoms with Gasteiger partial charge in [0.05, 0.1) is 12.1 Å². The van der Waals surface area contributed by atoms with Gasteiger partial charge in [-0.25, -0.2) is 18.6 Å². The van der Waals surface area contributed by atoms with E-state index in [4.69, 9.17) is 29.2 Å². The molecule has 1 unspecified atom stereocenters. The van der Waals surface area contributed by atoms with Gasteiger partial charge < -0.3 is 4.90 Å². The second-order valence-corrected chi connectivity index (χ2v) is 5.70. The van der Waals surface area contributed by atoms with Gasteiger partial charge in [0.1, 0.15) is 0 Å². The van der Waals surface area contributed by atoms with E-state index in [0.717, 1.165) is 0 Å². The van der Waals surface area contributed by atoms with E-state index in [1.807, 2.05) is 6.07 Å². The first-order valence-electron chi connectivity index (χ1n) is 7.32. The van der Waals surface area contributed by atoms with Crippen LogP contribution in [-0.2, 0) is 20.4 Å². The molecule has 2 aromatic carbocycles. The van der Waals surface area contributed by atoms with Gasteiger partial charge >= 0.3 is 20.4 Å². The van der Waals surface area contributed by atoms with E-state index in [1.54, 1.807) is 12.1 Å². The molecule has 7 nitrogen and oxygen atoms in total. The molecule has 0 aliphatic carbocycles. The van der Waals surface area contributed by atoms with Crippen LogP contribution in [0.25, 0.3) is 10.8 Å². The summed E-state index contributed by atoms with van der Waals surface area (Å²) in [6, 6.07) is 19.9. The maximum absolute atomic E-state index is 8.49. The molecule has 0 aliphatic heterocycles. The first-order chi connectivity index (χ1) is 12.0. The Morgan fingerprint density at radius 3 is 1.81 bits per heavy atom. The molecule has 0 fully saturated rings. The molecule has 0 radical (unpaired) electrons. The molecule has 2 rings (SSSR count). The minimum Gasteiger partial charge on any atom is -0.305 e. The summed E-state index contributed by atoms with van der Waals surface area (Å²) in [5, 5.41) is 17.2. The molecule has 0 N–H and O–H groups in total. The van der Waals surface area contributed by atoms with Crippen molar-refractivity contribution in [3.63, 3.8) is 0 Å². The number of rotatable bonds is 2. The number of hydrogen-bond acceptors (Lipinski definition) is 7. The van der Waals surface area contributed by atoms with Crippen molar-refractivity contribution in [3.05, 3.63) is 48.0 Å². The van der Waals surface area contributed by atoms with Gasteiger partial charge in [-0.2, -0.15) is 28.7 Å². The number of hydrogen-bond donors (Lipinski definition) is 0. The van der Waals surface area contributed by atoms with Gasteiger partial charge in [-0.15, -0.1) is 32.6 Å². The van der Waals surface area contributed by atoms with Crippen molar-refractivity contribution in [3.8, 4) is 12.1 Å². The summed E-state index contributed by atoms with van der Waals surface area (Å²) in [6.07, 6.45) is 0. The standard InChI is InChI=1S/C14H16N.2C2H3N.ClHO4.Pd/c1-11(15(2)3)13-10-6-8-12-7-4-5-9-14(12)13;2*1-2-3;2-1(3,4)5;/h4-9,11H,1-3H3;2*1H3;(H,2,3,4,5);/q-1;;;;+2/p-1. The first kappa shape index (κ1) is 30.2. The molecule has 0 saturated heterocycles. The Hall–Kier alpha value is -1.57. The minimum atomic E-state index is -4.94. The Bertz CT molecular complexity index is 702. The maximum atomic E-state index is 8.49. The fourth-order valence-electron chi connectivity index (χ4n) is 1.79. The molecule has 0 heterocycles. The van der Waals surface area contributed by atoms with Crippen LogP contribution in [0.3, 0.4) is 0 Å². The summed E-state index contributed by atoms with van der Waals surface area (Å²) in [5.74, 6) is 0. The van der Waals surface area contributed by atoms with E-state index in [2.05, 4.69) is 62.3 Å². The van der Waals surface area contributed by atoms with E-state index >= 15 is 0 Å². The predicted molar refractivity (Wildman–Crippen MR) is 87.5 cm³/mol. The van der Waals surface area contributed by atoms with E-state index in [1.165, 1.54) is 30.2 Å². The molecule has 150 valence electrons. The van der Waals surface area contributed by atoms with Crippen LogP contribution in [-0.4, -0.2) is 19.0 Å². The van der Waals surface area contributed by atoms with Crippen LogP contribution in [0, 0.1) is 39.0 Å². The number of nitrogens with zero attached hydrogens (tertiary/aromatic N) is 3. The molecular weight excluding hydrogens is 464 g/mol. The average Bonchev–Trinajstić information content (AvgIpc) is 2.53. The number of nitriles is 2. The Balaban J connectivity index is -0.000000404. The van der Waals surface area contributed by atoms with Crippen molar-refractivity contribution in [1.82, 2.24) is 4.90 Å². The van der Waals surface area contributed by atoms with Crippen LogP contribution in [0.1, 0.15) is 32.4 Å². The van der Waals surface area contributed by atoms with Crippen molar-refractivity contribution in [2.45, 2.75) is 26.8 Å². The third kappa shape index (κ3) is 16.3. The molecule has 1 atom stereocenters. The van der Waals surface area contributed by atoms with Gasteiger partial charge in [-0.3, -0.25) is 0 Å². The van der Waals surface area contributed by atoms with Crippen molar-refractivity contribution in [2.75, 3.05) is 14.1 Å². The van der Waals surface area contributed by atoms with E-state index in [-0.39, 0.29) is 20.4 Å². The molecule has 0 aliphatic rings. The summed E-state index contributed by atoms with van der Waals surface area (Å²) in [4.78, 5) is 2.21. The van der Waals surface area contributed by atoms with Crippen LogP contribution in [0.4, 0.5) is 0 Å². The Morgan fingerprint density at radius 2 is 1.41 bits per heavy atom. The summed E-state index contributed by atoms with van der Waals surface area (Å²) < 4.78 is 34.0. The van der Waals surface area contributed by atoms with Crippen LogP contribution >= 0.6 is 0 Å². The first-order valence-corrected chi connectivity index (χ1v) is 8.56.